The molecule has 1 aromatic heterocycles. The molecule has 3 N–H and O–H groups in total. The van der Waals surface area contributed by atoms with Gasteiger partial charge in [-0.3, -0.25) is 4.79 Å². The summed E-state index contributed by atoms with van der Waals surface area (Å²) in [5.74, 6) is -0.740. The normalized spacial score (nSPS) is 22.4. The van der Waals surface area contributed by atoms with Crippen LogP contribution >= 0.6 is 0 Å². The SMILES string of the molecule is CCC1=C(C(=O)OC2CCCC2)C(c2cccc(O)c2)C2=C(CC(c3ccc4cc[nH]c4c3)CC2=O)N1. The van der Waals surface area contributed by atoms with Crippen LogP contribution in [0.25, 0.3) is 10.9 Å². The molecule has 37 heavy (non-hydrogen) atoms. The quantitative estimate of drug-likeness (QED) is 0.371. The number of H-pyrrole nitrogens is 1. The van der Waals surface area contributed by atoms with Crippen molar-refractivity contribution in [1.82, 2.24) is 10.3 Å². The Kier molecular flexibility index (Phi) is 6.11. The minimum Gasteiger partial charge on any atom is -0.508 e. The molecule has 3 aliphatic rings. The van der Waals surface area contributed by atoms with Crippen molar-refractivity contribution in [2.45, 2.75) is 69.8 Å². The van der Waals surface area contributed by atoms with Gasteiger partial charge in [0, 0.05) is 41.0 Å². The van der Waals surface area contributed by atoms with Gasteiger partial charge in [-0.1, -0.05) is 31.2 Å². The van der Waals surface area contributed by atoms with Gasteiger partial charge < -0.3 is 20.1 Å². The third-order valence-corrected chi connectivity index (χ3v) is 8.12. The number of hydrogen-bond donors (Lipinski definition) is 3. The van der Waals surface area contributed by atoms with E-state index in [-0.39, 0.29) is 29.5 Å². The lowest BCUT2D eigenvalue weighted by molar-refractivity contribution is -0.144. The largest absolute Gasteiger partial charge is 0.508 e. The molecule has 2 heterocycles. The van der Waals surface area contributed by atoms with Crippen LogP contribution in [0.15, 0.2) is 77.3 Å². The number of ether oxygens (including phenoxy) is 1. The van der Waals surface area contributed by atoms with Crippen LogP contribution in [0.2, 0.25) is 0 Å². The molecule has 0 amide bonds. The number of ketones is 1. The predicted molar refractivity (Wildman–Crippen MR) is 142 cm³/mol. The Bertz CT molecular complexity index is 1440. The van der Waals surface area contributed by atoms with Crippen molar-refractivity contribution < 1.29 is 19.4 Å². The summed E-state index contributed by atoms with van der Waals surface area (Å²) in [7, 11) is 0. The lowest BCUT2D eigenvalue weighted by Gasteiger charge is -2.37. The number of nitrogens with one attached hydrogen (secondary N) is 2. The first-order valence-corrected chi connectivity index (χ1v) is 13.3. The molecule has 1 saturated carbocycles. The molecular formula is C31H32N2O4. The van der Waals surface area contributed by atoms with Crippen LogP contribution in [-0.2, 0) is 14.3 Å². The molecule has 6 nitrogen and oxygen atoms in total. The van der Waals surface area contributed by atoms with E-state index >= 15 is 0 Å². The second kappa shape index (κ2) is 9.58. The standard InChI is InChI=1S/C31H32N2O4/c1-2-24-30(31(36)37-23-8-3-4-9-23)28(20-6-5-7-22(34)14-20)29-26(33-24)16-21(17-27(29)35)19-11-10-18-12-13-32-25(18)15-19/h5-7,10-15,21,23,28,32-34H,2-4,8-9,16-17H2,1H3. The zero-order valence-corrected chi connectivity index (χ0v) is 21.0. The molecule has 190 valence electrons. The molecule has 2 aliphatic carbocycles. The number of allylic oxidation sites excluding steroid dienone is 3. The number of carbonyl (C=O) groups excluding carboxylic acids is 2. The second-order valence-electron chi connectivity index (χ2n) is 10.5. The van der Waals surface area contributed by atoms with Crippen molar-refractivity contribution in [2.75, 3.05) is 0 Å². The average molecular weight is 497 g/mol. The number of benzene rings is 2. The van der Waals surface area contributed by atoms with Crippen molar-refractivity contribution >= 4 is 22.7 Å². The monoisotopic (exact) mass is 496 g/mol. The number of hydrogen-bond acceptors (Lipinski definition) is 5. The van der Waals surface area contributed by atoms with E-state index in [0.29, 0.717) is 30.4 Å². The van der Waals surface area contributed by atoms with Gasteiger partial charge in [-0.25, -0.2) is 4.79 Å². The first kappa shape index (κ1) is 23.6. The molecule has 1 aliphatic heterocycles. The predicted octanol–water partition coefficient (Wildman–Crippen LogP) is 6.11. The summed E-state index contributed by atoms with van der Waals surface area (Å²) < 4.78 is 5.97. The fraction of sp³-hybridized carbons (Fsp3) is 0.355. The van der Waals surface area contributed by atoms with Crippen molar-refractivity contribution in [1.29, 1.82) is 0 Å². The van der Waals surface area contributed by atoms with Gasteiger partial charge in [-0.2, -0.15) is 0 Å². The van der Waals surface area contributed by atoms with Crippen molar-refractivity contribution in [2.24, 2.45) is 0 Å². The number of aromatic hydroxyl groups is 1. The molecule has 1 fully saturated rings. The maximum Gasteiger partial charge on any atom is 0.337 e. The zero-order valence-electron chi connectivity index (χ0n) is 21.0. The van der Waals surface area contributed by atoms with Crippen LogP contribution in [0, 0.1) is 0 Å². The lowest BCUT2D eigenvalue weighted by atomic mass is 9.71. The summed E-state index contributed by atoms with van der Waals surface area (Å²) in [5.41, 5.74) is 5.71. The Morgan fingerprint density at radius 3 is 2.68 bits per heavy atom. The Labute approximate surface area is 216 Å². The van der Waals surface area contributed by atoms with Crippen molar-refractivity contribution in [3.8, 4) is 5.75 Å². The maximum absolute atomic E-state index is 13.9. The van der Waals surface area contributed by atoms with E-state index in [1.807, 2.05) is 25.3 Å². The summed E-state index contributed by atoms with van der Waals surface area (Å²) in [4.78, 5) is 30.8. The minimum atomic E-state index is -0.563. The number of rotatable bonds is 5. The first-order chi connectivity index (χ1) is 18.0. The molecule has 2 unspecified atom stereocenters. The average Bonchev–Trinajstić information content (AvgIpc) is 3.59. The van der Waals surface area contributed by atoms with Gasteiger partial charge in [0.05, 0.1) is 5.57 Å². The number of fused-ring (bicyclic) bond motifs is 1. The minimum absolute atomic E-state index is 0.0278. The van der Waals surface area contributed by atoms with Crippen LogP contribution in [0.3, 0.4) is 0 Å². The van der Waals surface area contributed by atoms with Gasteiger partial charge in [-0.05, 0) is 85.2 Å². The van der Waals surface area contributed by atoms with E-state index in [1.54, 1.807) is 18.2 Å². The number of dihydropyridines is 1. The Hall–Kier alpha value is -3.80. The van der Waals surface area contributed by atoms with E-state index < -0.39 is 5.92 Å². The molecular weight excluding hydrogens is 464 g/mol. The maximum atomic E-state index is 13.9. The van der Waals surface area contributed by atoms with Crippen molar-refractivity contribution in [3.63, 3.8) is 0 Å². The van der Waals surface area contributed by atoms with E-state index in [0.717, 1.165) is 59.1 Å². The van der Waals surface area contributed by atoms with Gasteiger partial charge in [0.2, 0.25) is 0 Å². The fourth-order valence-electron chi connectivity index (χ4n) is 6.29. The Balaban J connectivity index is 1.41. The topological polar surface area (TPSA) is 91.4 Å². The number of esters is 1. The number of phenols is 1. The Morgan fingerprint density at radius 1 is 1.05 bits per heavy atom. The van der Waals surface area contributed by atoms with E-state index in [1.165, 1.54) is 0 Å². The van der Waals surface area contributed by atoms with Crippen LogP contribution in [0.1, 0.15) is 74.8 Å². The highest BCUT2D eigenvalue weighted by Crippen LogP contribution is 2.47. The summed E-state index contributed by atoms with van der Waals surface area (Å²) >= 11 is 0. The van der Waals surface area contributed by atoms with Crippen LogP contribution in [0.4, 0.5) is 0 Å². The molecule has 3 aromatic rings. The highest BCUT2D eigenvalue weighted by atomic mass is 16.5. The summed E-state index contributed by atoms with van der Waals surface area (Å²) in [5, 5.41) is 14.9. The van der Waals surface area contributed by atoms with Gasteiger partial charge in [0.15, 0.2) is 5.78 Å². The number of aromatic nitrogens is 1. The molecule has 0 bridgehead atoms. The molecule has 6 heteroatoms. The number of phenolic OH excluding ortho intramolecular Hbond substituents is 1. The highest BCUT2D eigenvalue weighted by molar-refractivity contribution is 6.04. The zero-order chi connectivity index (χ0) is 25.5. The van der Waals surface area contributed by atoms with Crippen LogP contribution in [-0.4, -0.2) is 27.9 Å². The summed E-state index contributed by atoms with van der Waals surface area (Å²) in [6.45, 7) is 2.01. The fourth-order valence-corrected chi connectivity index (χ4v) is 6.29. The van der Waals surface area contributed by atoms with Gasteiger partial charge in [0.1, 0.15) is 11.9 Å². The van der Waals surface area contributed by atoms with Gasteiger partial charge >= 0.3 is 5.97 Å². The molecule has 0 radical (unpaired) electrons. The number of Topliss-reactive ketones (excluding diaryl/α,β-unsaturated/α-hetero) is 1. The van der Waals surface area contributed by atoms with Crippen LogP contribution in [0.5, 0.6) is 5.75 Å². The summed E-state index contributed by atoms with van der Waals surface area (Å²) in [6, 6.07) is 15.3. The van der Waals surface area contributed by atoms with E-state index in [2.05, 4.69) is 28.5 Å². The molecule has 2 atom stereocenters. The van der Waals surface area contributed by atoms with Crippen molar-refractivity contribution in [3.05, 3.63) is 88.4 Å². The third kappa shape index (κ3) is 4.35. The molecule has 0 spiro atoms. The van der Waals surface area contributed by atoms with Crippen LogP contribution < -0.4 is 5.32 Å². The Morgan fingerprint density at radius 2 is 1.89 bits per heavy atom. The number of carbonyl (C=O) groups is 2. The van der Waals surface area contributed by atoms with Gasteiger partial charge in [-0.15, -0.1) is 0 Å². The molecule has 6 rings (SSSR count). The smallest absolute Gasteiger partial charge is 0.337 e. The first-order valence-electron chi connectivity index (χ1n) is 13.3. The summed E-state index contributed by atoms with van der Waals surface area (Å²) in [6.07, 6.45) is 7.39. The second-order valence-corrected chi connectivity index (χ2v) is 10.5. The van der Waals surface area contributed by atoms with Gasteiger partial charge in [0.25, 0.3) is 0 Å². The number of aromatic amines is 1. The third-order valence-electron chi connectivity index (χ3n) is 8.12. The molecule has 2 aromatic carbocycles. The lowest BCUT2D eigenvalue weighted by Crippen LogP contribution is -2.37. The van der Waals surface area contributed by atoms with E-state index in [4.69, 9.17) is 4.74 Å². The molecule has 0 saturated heterocycles. The van der Waals surface area contributed by atoms with E-state index in [9.17, 15) is 14.7 Å². The highest BCUT2D eigenvalue weighted by Gasteiger charge is 2.42.